The van der Waals surface area contributed by atoms with Gasteiger partial charge in [-0.3, -0.25) is 0 Å². The summed E-state index contributed by atoms with van der Waals surface area (Å²) in [6.45, 7) is 4.36. The molecule has 2 aromatic rings. The Kier molecular flexibility index (Phi) is 3.36. The summed E-state index contributed by atoms with van der Waals surface area (Å²) in [6.07, 6.45) is 2.72. The van der Waals surface area contributed by atoms with Gasteiger partial charge in [0.15, 0.2) is 0 Å². The minimum Gasteiger partial charge on any atom is -0.0840 e. The Morgan fingerprint density at radius 1 is 0.947 bits per heavy atom. The van der Waals surface area contributed by atoms with Crippen LogP contribution in [0.25, 0.3) is 11.1 Å². The van der Waals surface area contributed by atoms with Crippen molar-refractivity contribution in [3.05, 3.63) is 58.6 Å². The van der Waals surface area contributed by atoms with Crippen LogP contribution in [0.5, 0.6) is 0 Å². The first kappa shape index (κ1) is 12.7. The van der Waals surface area contributed by atoms with Crippen molar-refractivity contribution in [2.24, 2.45) is 0 Å². The van der Waals surface area contributed by atoms with Gasteiger partial charge in [-0.2, -0.15) is 0 Å². The summed E-state index contributed by atoms with van der Waals surface area (Å²) in [5.41, 5.74) is 5.26. The first-order valence-corrected chi connectivity index (χ1v) is 7.42. The van der Waals surface area contributed by atoms with Crippen molar-refractivity contribution in [2.75, 3.05) is 0 Å². The topological polar surface area (TPSA) is 0 Å². The lowest BCUT2D eigenvalue weighted by molar-refractivity contribution is 0.867. The van der Waals surface area contributed by atoms with Gasteiger partial charge < -0.3 is 0 Å². The van der Waals surface area contributed by atoms with Crippen LogP contribution >= 0.6 is 11.6 Å². The van der Waals surface area contributed by atoms with Crippen molar-refractivity contribution in [3.63, 3.8) is 0 Å². The molecule has 0 unspecified atom stereocenters. The van der Waals surface area contributed by atoms with Crippen LogP contribution < -0.4 is 0 Å². The standard InChI is InChI=1S/C18H19Cl/c1-12(2)17-11-16(9-10-18(17)19)15-7-5-14(6-8-15)13-3-4-13/h5-13H,3-4H2,1-2H3. The molecular formula is C18H19Cl. The second-order valence-electron chi connectivity index (χ2n) is 5.79. The van der Waals surface area contributed by atoms with Crippen molar-refractivity contribution in [1.29, 1.82) is 0 Å². The molecule has 0 spiro atoms. The molecule has 1 heteroatoms. The lowest BCUT2D eigenvalue weighted by Gasteiger charge is -2.11. The predicted octanol–water partition coefficient (Wildman–Crippen LogP) is 6.01. The highest BCUT2D eigenvalue weighted by molar-refractivity contribution is 6.31. The highest BCUT2D eigenvalue weighted by Crippen LogP contribution is 2.40. The van der Waals surface area contributed by atoms with E-state index in [0.29, 0.717) is 5.92 Å². The van der Waals surface area contributed by atoms with E-state index in [0.717, 1.165) is 10.9 Å². The summed E-state index contributed by atoms with van der Waals surface area (Å²) in [4.78, 5) is 0. The van der Waals surface area contributed by atoms with Gasteiger partial charge >= 0.3 is 0 Å². The van der Waals surface area contributed by atoms with Gasteiger partial charge in [0.2, 0.25) is 0 Å². The molecule has 0 saturated heterocycles. The van der Waals surface area contributed by atoms with Crippen molar-refractivity contribution in [2.45, 2.75) is 38.5 Å². The van der Waals surface area contributed by atoms with Crippen LogP contribution in [0, 0.1) is 0 Å². The van der Waals surface area contributed by atoms with Crippen LogP contribution in [0.4, 0.5) is 0 Å². The average Bonchev–Trinajstić information content (AvgIpc) is 3.23. The highest BCUT2D eigenvalue weighted by atomic mass is 35.5. The smallest absolute Gasteiger partial charge is 0.0441 e. The maximum absolute atomic E-state index is 6.25. The molecule has 0 aliphatic heterocycles. The molecule has 1 saturated carbocycles. The minimum atomic E-state index is 0.457. The average molecular weight is 271 g/mol. The fourth-order valence-electron chi connectivity index (χ4n) is 2.53. The molecule has 0 bridgehead atoms. The third-order valence-electron chi connectivity index (χ3n) is 3.91. The third-order valence-corrected chi connectivity index (χ3v) is 4.25. The molecule has 19 heavy (non-hydrogen) atoms. The first-order chi connectivity index (χ1) is 9.15. The van der Waals surface area contributed by atoms with Crippen LogP contribution in [-0.2, 0) is 0 Å². The SMILES string of the molecule is CC(C)c1cc(-c2ccc(C3CC3)cc2)ccc1Cl. The van der Waals surface area contributed by atoms with Gasteiger partial charge in [0.1, 0.15) is 0 Å². The molecule has 0 N–H and O–H groups in total. The van der Waals surface area contributed by atoms with Crippen LogP contribution in [0.1, 0.15) is 49.7 Å². The lowest BCUT2D eigenvalue weighted by atomic mass is 9.96. The summed E-state index contributed by atoms with van der Waals surface area (Å²) in [7, 11) is 0. The molecule has 98 valence electrons. The maximum atomic E-state index is 6.25. The molecule has 1 aliphatic rings. The lowest BCUT2D eigenvalue weighted by Crippen LogP contribution is -1.90. The van der Waals surface area contributed by atoms with Gasteiger partial charge in [-0.15, -0.1) is 0 Å². The monoisotopic (exact) mass is 270 g/mol. The second-order valence-corrected chi connectivity index (χ2v) is 6.19. The molecular weight excluding hydrogens is 252 g/mol. The Morgan fingerprint density at radius 3 is 2.16 bits per heavy atom. The maximum Gasteiger partial charge on any atom is 0.0441 e. The number of halogens is 1. The van der Waals surface area contributed by atoms with Gasteiger partial charge in [-0.05, 0) is 59.1 Å². The van der Waals surface area contributed by atoms with Gasteiger partial charge in [0.05, 0.1) is 0 Å². The van der Waals surface area contributed by atoms with E-state index >= 15 is 0 Å². The van der Waals surface area contributed by atoms with Crippen molar-refractivity contribution in [3.8, 4) is 11.1 Å². The van der Waals surface area contributed by atoms with Gasteiger partial charge in [0.25, 0.3) is 0 Å². The van der Waals surface area contributed by atoms with E-state index in [1.807, 2.05) is 6.07 Å². The third kappa shape index (κ3) is 2.69. The summed E-state index contributed by atoms with van der Waals surface area (Å²) in [6, 6.07) is 15.4. The quantitative estimate of drug-likeness (QED) is 0.641. The van der Waals surface area contributed by atoms with E-state index in [9.17, 15) is 0 Å². The Morgan fingerprint density at radius 2 is 1.58 bits per heavy atom. The van der Waals surface area contributed by atoms with Crippen molar-refractivity contribution in [1.82, 2.24) is 0 Å². The number of benzene rings is 2. The predicted molar refractivity (Wildman–Crippen MR) is 83.0 cm³/mol. The van der Waals surface area contributed by atoms with Gasteiger partial charge in [0, 0.05) is 5.02 Å². The molecule has 0 heterocycles. The van der Waals surface area contributed by atoms with Gasteiger partial charge in [-0.25, -0.2) is 0 Å². The molecule has 1 aliphatic carbocycles. The summed E-state index contributed by atoms with van der Waals surface area (Å²) < 4.78 is 0. The summed E-state index contributed by atoms with van der Waals surface area (Å²) >= 11 is 6.25. The Balaban J connectivity index is 1.94. The van der Waals surface area contributed by atoms with E-state index in [2.05, 4.69) is 50.2 Å². The van der Waals surface area contributed by atoms with E-state index in [1.54, 1.807) is 0 Å². The Hall–Kier alpha value is -1.27. The zero-order valence-electron chi connectivity index (χ0n) is 11.5. The van der Waals surface area contributed by atoms with E-state index in [1.165, 1.54) is 35.1 Å². The number of rotatable bonds is 3. The normalized spacial score (nSPS) is 14.9. The largest absolute Gasteiger partial charge is 0.0840 e. The van der Waals surface area contributed by atoms with Crippen LogP contribution in [0.15, 0.2) is 42.5 Å². The second kappa shape index (κ2) is 5.02. The van der Waals surface area contributed by atoms with Gasteiger partial charge in [-0.1, -0.05) is 55.8 Å². The zero-order valence-corrected chi connectivity index (χ0v) is 12.2. The zero-order chi connectivity index (χ0) is 13.4. The number of hydrogen-bond donors (Lipinski definition) is 0. The Labute approximate surface area is 120 Å². The molecule has 0 radical (unpaired) electrons. The molecule has 2 aromatic carbocycles. The molecule has 0 atom stereocenters. The molecule has 0 aromatic heterocycles. The first-order valence-electron chi connectivity index (χ1n) is 7.05. The summed E-state index contributed by atoms with van der Waals surface area (Å²) in [5.74, 6) is 1.28. The fourth-order valence-corrected chi connectivity index (χ4v) is 2.87. The van der Waals surface area contributed by atoms with Crippen molar-refractivity contribution < 1.29 is 0 Å². The molecule has 0 amide bonds. The van der Waals surface area contributed by atoms with Crippen LogP contribution in [0.2, 0.25) is 5.02 Å². The fraction of sp³-hybridized carbons (Fsp3) is 0.333. The van der Waals surface area contributed by atoms with E-state index in [-0.39, 0.29) is 0 Å². The van der Waals surface area contributed by atoms with Crippen LogP contribution in [-0.4, -0.2) is 0 Å². The molecule has 3 rings (SSSR count). The van der Waals surface area contributed by atoms with E-state index < -0.39 is 0 Å². The minimum absolute atomic E-state index is 0.457. The summed E-state index contributed by atoms with van der Waals surface area (Å²) in [5, 5.41) is 0.869. The number of hydrogen-bond acceptors (Lipinski definition) is 0. The highest BCUT2D eigenvalue weighted by Gasteiger charge is 2.22. The van der Waals surface area contributed by atoms with Crippen molar-refractivity contribution >= 4 is 11.6 Å². The van der Waals surface area contributed by atoms with E-state index in [4.69, 9.17) is 11.6 Å². The Bertz CT molecular complexity index is 577. The molecule has 0 nitrogen and oxygen atoms in total. The molecule has 1 fully saturated rings. The van der Waals surface area contributed by atoms with Crippen LogP contribution in [0.3, 0.4) is 0 Å².